The average Bonchev–Trinajstić information content (AvgIpc) is 3.44. The molecule has 2 atom stereocenters. The molecule has 2 aromatic carbocycles. The summed E-state index contributed by atoms with van der Waals surface area (Å²) in [5.41, 5.74) is 9.50. The molecular weight excluding hydrogens is 381 g/mol. The topological polar surface area (TPSA) is 72.2 Å². The number of hydrazine groups is 1. The number of benzene rings is 2. The number of rotatable bonds is 4. The van der Waals surface area contributed by atoms with Gasteiger partial charge in [0, 0.05) is 47.8 Å². The molecule has 2 unspecified atom stereocenters. The lowest BCUT2D eigenvalue weighted by molar-refractivity contribution is 0.0881. The van der Waals surface area contributed by atoms with E-state index in [4.69, 9.17) is 0 Å². The molecule has 1 aromatic heterocycles. The minimum atomic E-state index is -0.210. The van der Waals surface area contributed by atoms with E-state index >= 15 is 0 Å². The van der Waals surface area contributed by atoms with E-state index < -0.39 is 0 Å². The van der Waals surface area contributed by atoms with Gasteiger partial charge in [0.2, 0.25) is 0 Å². The normalized spacial score (nSPS) is 23.1. The second-order valence-electron chi connectivity index (χ2n) is 8.17. The van der Waals surface area contributed by atoms with Crippen molar-refractivity contribution in [2.24, 2.45) is 0 Å². The van der Waals surface area contributed by atoms with Crippen molar-refractivity contribution >= 4 is 16.8 Å². The van der Waals surface area contributed by atoms with Crippen molar-refractivity contribution in [3.63, 3.8) is 0 Å². The van der Waals surface area contributed by atoms with Gasteiger partial charge in [-0.1, -0.05) is 18.2 Å². The van der Waals surface area contributed by atoms with Gasteiger partial charge in [-0.3, -0.25) is 9.69 Å². The van der Waals surface area contributed by atoms with E-state index in [0.717, 1.165) is 54.4 Å². The average molecular weight is 407 g/mol. The molecule has 30 heavy (non-hydrogen) atoms. The van der Waals surface area contributed by atoms with Crippen LogP contribution in [0.4, 0.5) is 4.39 Å². The zero-order chi connectivity index (χ0) is 20.5. The molecule has 7 heteroatoms. The summed E-state index contributed by atoms with van der Waals surface area (Å²) >= 11 is 0. The molecule has 2 aliphatic heterocycles. The SMILES string of the molecule is O=C(NC1CCN(C2CC(c3ccc(F)cc3)NN2)CC1)c1cccc2[nH]ccc12. The van der Waals surface area contributed by atoms with Gasteiger partial charge < -0.3 is 10.3 Å². The van der Waals surface area contributed by atoms with E-state index in [1.807, 2.05) is 42.6 Å². The van der Waals surface area contributed by atoms with Crippen LogP contribution in [-0.2, 0) is 0 Å². The molecule has 0 aliphatic carbocycles. The summed E-state index contributed by atoms with van der Waals surface area (Å²) in [5, 5.41) is 4.18. The number of halogens is 1. The van der Waals surface area contributed by atoms with Crippen LogP contribution >= 0.6 is 0 Å². The highest BCUT2D eigenvalue weighted by molar-refractivity contribution is 6.06. The van der Waals surface area contributed by atoms with Crippen molar-refractivity contribution in [3.8, 4) is 0 Å². The molecule has 156 valence electrons. The number of likely N-dealkylation sites (tertiary alicyclic amines) is 1. The number of hydrogen-bond acceptors (Lipinski definition) is 4. The first-order valence-corrected chi connectivity index (χ1v) is 10.5. The number of H-pyrrole nitrogens is 1. The molecule has 3 aromatic rings. The van der Waals surface area contributed by atoms with Crippen LogP contribution in [0.2, 0.25) is 0 Å². The third kappa shape index (κ3) is 3.84. The molecule has 2 fully saturated rings. The standard InChI is InChI=1S/C23H26FN5O/c24-16-6-4-15(5-7-16)21-14-22(28-27-21)29-12-9-17(10-13-29)26-23(30)19-2-1-3-20-18(19)8-11-25-20/h1-8,11,17,21-22,25,27-28H,9-10,12-14H2,(H,26,30). The molecule has 0 spiro atoms. The summed E-state index contributed by atoms with van der Waals surface area (Å²) in [5.74, 6) is -0.214. The highest BCUT2D eigenvalue weighted by Crippen LogP contribution is 2.26. The van der Waals surface area contributed by atoms with Gasteiger partial charge in [0.05, 0.1) is 6.17 Å². The molecule has 5 rings (SSSR count). The van der Waals surface area contributed by atoms with Crippen LogP contribution in [0.3, 0.4) is 0 Å². The van der Waals surface area contributed by atoms with Crippen molar-refractivity contribution in [1.29, 1.82) is 0 Å². The van der Waals surface area contributed by atoms with Crippen molar-refractivity contribution < 1.29 is 9.18 Å². The first-order valence-electron chi connectivity index (χ1n) is 10.5. The predicted octanol–water partition coefficient (Wildman–Crippen LogP) is 3.07. The van der Waals surface area contributed by atoms with Crippen LogP contribution in [-0.4, -0.2) is 41.1 Å². The van der Waals surface area contributed by atoms with E-state index in [2.05, 4.69) is 26.1 Å². The minimum Gasteiger partial charge on any atom is -0.361 e. The Balaban J connectivity index is 1.15. The van der Waals surface area contributed by atoms with Crippen LogP contribution < -0.4 is 16.2 Å². The molecule has 3 heterocycles. The van der Waals surface area contributed by atoms with E-state index in [0.29, 0.717) is 0 Å². The molecular formula is C23H26FN5O. The van der Waals surface area contributed by atoms with Crippen molar-refractivity contribution in [2.75, 3.05) is 13.1 Å². The lowest BCUT2D eigenvalue weighted by atomic mass is 10.0. The first kappa shape index (κ1) is 19.2. The predicted molar refractivity (Wildman–Crippen MR) is 114 cm³/mol. The Labute approximate surface area is 174 Å². The smallest absolute Gasteiger partial charge is 0.252 e. The zero-order valence-electron chi connectivity index (χ0n) is 16.7. The van der Waals surface area contributed by atoms with Gasteiger partial charge in [-0.2, -0.15) is 0 Å². The Hall–Kier alpha value is -2.74. The summed E-state index contributed by atoms with van der Waals surface area (Å²) in [4.78, 5) is 18.4. The van der Waals surface area contributed by atoms with Gasteiger partial charge in [-0.25, -0.2) is 15.2 Å². The fourth-order valence-electron chi connectivity index (χ4n) is 4.59. The molecule has 0 radical (unpaired) electrons. The van der Waals surface area contributed by atoms with Crippen LogP contribution in [0, 0.1) is 5.82 Å². The molecule has 0 saturated carbocycles. The highest BCUT2D eigenvalue weighted by atomic mass is 19.1. The lowest BCUT2D eigenvalue weighted by Crippen LogP contribution is -2.51. The number of fused-ring (bicyclic) bond motifs is 1. The van der Waals surface area contributed by atoms with Crippen LogP contribution in [0.1, 0.15) is 41.2 Å². The molecule has 4 N–H and O–H groups in total. The maximum atomic E-state index is 13.2. The van der Waals surface area contributed by atoms with E-state index in [1.54, 1.807) is 0 Å². The Kier molecular flexibility index (Phi) is 5.25. The van der Waals surface area contributed by atoms with Crippen LogP contribution in [0.25, 0.3) is 10.9 Å². The number of hydrogen-bond donors (Lipinski definition) is 4. The number of aromatic nitrogens is 1. The summed E-state index contributed by atoms with van der Waals surface area (Å²) < 4.78 is 13.2. The zero-order valence-corrected chi connectivity index (χ0v) is 16.7. The maximum absolute atomic E-state index is 13.2. The minimum absolute atomic E-state index is 0.00400. The molecule has 2 saturated heterocycles. The third-order valence-corrected chi connectivity index (χ3v) is 6.30. The molecule has 0 bridgehead atoms. The second-order valence-corrected chi connectivity index (χ2v) is 8.17. The summed E-state index contributed by atoms with van der Waals surface area (Å²) in [7, 11) is 0. The van der Waals surface area contributed by atoms with Gasteiger partial charge >= 0.3 is 0 Å². The van der Waals surface area contributed by atoms with Gasteiger partial charge in [0.1, 0.15) is 5.82 Å². The molecule has 6 nitrogen and oxygen atoms in total. The quantitative estimate of drug-likeness (QED) is 0.537. The highest BCUT2D eigenvalue weighted by Gasteiger charge is 2.32. The fraction of sp³-hybridized carbons (Fsp3) is 0.348. The number of carbonyl (C=O) groups is 1. The number of carbonyl (C=O) groups excluding carboxylic acids is 1. The number of piperidine rings is 1. The van der Waals surface area contributed by atoms with Crippen molar-refractivity contribution in [3.05, 3.63) is 71.7 Å². The Morgan fingerprint density at radius 2 is 1.83 bits per heavy atom. The third-order valence-electron chi connectivity index (χ3n) is 6.30. The second kappa shape index (κ2) is 8.18. The first-order chi connectivity index (χ1) is 14.7. The van der Waals surface area contributed by atoms with E-state index in [1.165, 1.54) is 12.1 Å². The Bertz CT molecular complexity index is 1030. The van der Waals surface area contributed by atoms with Gasteiger partial charge in [-0.05, 0) is 55.2 Å². The summed E-state index contributed by atoms with van der Waals surface area (Å²) in [6.07, 6.45) is 4.88. The van der Waals surface area contributed by atoms with Crippen molar-refractivity contribution in [2.45, 2.75) is 37.5 Å². The molecule has 2 aliphatic rings. The van der Waals surface area contributed by atoms with Gasteiger partial charge in [-0.15, -0.1) is 0 Å². The maximum Gasteiger partial charge on any atom is 0.252 e. The van der Waals surface area contributed by atoms with Crippen LogP contribution in [0.5, 0.6) is 0 Å². The van der Waals surface area contributed by atoms with E-state index in [9.17, 15) is 9.18 Å². The lowest BCUT2D eigenvalue weighted by Gasteiger charge is -2.35. The summed E-state index contributed by atoms with van der Waals surface area (Å²) in [6, 6.07) is 14.8. The van der Waals surface area contributed by atoms with Gasteiger partial charge in [0.15, 0.2) is 0 Å². The number of nitrogens with one attached hydrogen (secondary N) is 4. The fourth-order valence-corrected chi connectivity index (χ4v) is 4.59. The number of amides is 1. The largest absolute Gasteiger partial charge is 0.361 e. The number of nitrogens with zero attached hydrogens (tertiary/aromatic N) is 1. The van der Waals surface area contributed by atoms with Crippen molar-refractivity contribution in [1.82, 2.24) is 26.1 Å². The van der Waals surface area contributed by atoms with Gasteiger partial charge in [0.25, 0.3) is 5.91 Å². The number of aromatic amines is 1. The Morgan fingerprint density at radius 3 is 2.63 bits per heavy atom. The Morgan fingerprint density at radius 1 is 1.03 bits per heavy atom. The summed E-state index contributed by atoms with van der Waals surface area (Å²) in [6.45, 7) is 1.85. The monoisotopic (exact) mass is 407 g/mol. The molecule has 1 amide bonds. The van der Waals surface area contributed by atoms with E-state index in [-0.39, 0.29) is 30.0 Å². The van der Waals surface area contributed by atoms with Crippen LogP contribution in [0.15, 0.2) is 54.7 Å².